The normalized spacial score (nSPS) is 26.1. The zero-order valence-corrected chi connectivity index (χ0v) is 21.3. The summed E-state index contributed by atoms with van der Waals surface area (Å²) in [7, 11) is 1.68. The van der Waals surface area contributed by atoms with Crippen LogP contribution in [0, 0.1) is 11.3 Å². The fourth-order valence-electron chi connectivity index (χ4n) is 5.98. The van der Waals surface area contributed by atoms with Gasteiger partial charge in [-0.3, -0.25) is 4.90 Å². The molecule has 0 saturated carbocycles. The Hall–Kier alpha value is -3.25. The van der Waals surface area contributed by atoms with Crippen molar-refractivity contribution in [2.24, 2.45) is 11.3 Å². The van der Waals surface area contributed by atoms with Gasteiger partial charge < -0.3 is 19.5 Å². The number of carbonyl (C=O) groups is 1. The van der Waals surface area contributed by atoms with Crippen molar-refractivity contribution in [1.29, 1.82) is 0 Å². The van der Waals surface area contributed by atoms with E-state index in [4.69, 9.17) is 14.2 Å². The molecule has 6 heteroatoms. The average Bonchev–Trinajstić information content (AvgIpc) is 2.90. The molecule has 3 fully saturated rings. The number of hydrogen-bond donors (Lipinski definition) is 1. The summed E-state index contributed by atoms with van der Waals surface area (Å²) in [6, 6.07) is 18.6. The molecule has 3 aromatic carbocycles. The molecule has 7 rings (SSSR count). The summed E-state index contributed by atoms with van der Waals surface area (Å²) >= 11 is 0. The lowest BCUT2D eigenvalue weighted by molar-refractivity contribution is -0.0361. The zero-order valence-electron chi connectivity index (χ0n) is 21.3. The highest BCUT2D eigenvalue weighted by Crippen LogP contribution is 2.44. The Labute approximate surface area is 212 Å². The van der Waals surface area contributed by atoms with Gasteiger partial charge in [0, 0.05) is 17.5 Å². The minimum Gasteiger partial charge on any atom is -0.497 e. The molecular weight excluding hydrogens is 452 g/mol. The summed E-state index contributed by atoms with van der Waals surface area (Å²) in [6.07, 6.45) is 1.90. The number of alkyl carbamates (subject to hydrolysis) is 1. The van der Waals surface area contributed by atoms with E-state index < -0.39 is 0 Å². The first kappa shape index (κ1) is 23.2. The molecule has 1 N–H and O–H groups in total. The van der Waals surface area contributed by atoms with Crippen molar-refractivity contribution in [2.75, 3.05) is 33.4 Å². The summed E-state index contributed by atoms with van der Waals surface area (Å²) in [4.78, 5) is 15.4. The van der Waals surface area contributed by atoms with E-state index in [1.165, 1.54) is 0 Å². The number of nitrogens with zero attached hydrogens (tertiary/aromatic N) is 1. The summed E-state index contributed by atoms with van der Waals surface area (Å²) in [5.74, 6) is 2.15. The van der Waals surface area contributed by atoms with Crippen LogP contribution >= 0.6 is 0 Å². The number of piperidine rings is 3. The van der Waals surface area contributed by atoms with Crippen molar-refractivity contribution in [3.8, 4) is 22.6 Å². The fraction of sp³-hybridized carbons (Fsp3) is 0.433. The molecule has 0 aliphatic carbocycles. The van der Waals surface area contributed by atoms with Crippen molar-refractivity contribution in [1.82, 2.24) is 10.2 Å². The minimum atomic E-state index is -0.325. The SMILES string of the molecule is COc1ccc2cc(-c3ccc4c(c3)OCC(C)(C)C4NC(=O)O[C@H]3CN4CCC3CC4)ccc2c1. The number of amides is 1. The van der Waals surface area contributed by atoms with E-state index in [0.29, 0.717) is 12.5 Å². The van der Waals surface area contributed by atoms with Crippen LogP contribution in [-0.4, -0.2) is 50.4 Å². The van der Waals surface area contributed by atoms with Gasteiger partial charge in [0.05, 0.1) is 19.8 Å². The molecule has 4 aliphatic rings. The van der Waals surface area contributed by atoms with Crippen molar-refractivity contribution < 1.29 is 19.0 Å². The third kappa shape index (κ3) is 4.28. The second-order valence-corrected chi connectivity index (χ2v) is 11.1. The predicted molar refractivity (Wildman–Crippen MR) is 141 cm³/mol. The zero-order chi connectivity index (χ0) is 24.9. The molecule has 0 radical (unpaired) electrons. The lowest BCUT2D eigenvalue weighted by Crippen LogP contribution is -2.53. The summed E-state index contributed by atoms with van der Waals surface area (Å²) < 4.78 is 17.5. The highest BCUT2D eigenvalue weighted by Gasteiger charge is 2.41. The molecule has 4 aliphatic heterocycles. The third-order valence-electron chi connectivity index (χ3n) is 8.20. The van der Waals surface area contributed by atoms with Gasteiger partial charge in [-0.2, -0.15) is 0 Å². The summed E-state index contributed by atoms with van der Waals surface area (Å²) in [6.45, 7) is 7.88. The topological polar surface area (TPSA) is 60.0 Å². The van der Waals surface area contributed by atoms with Crippen LogP contribution in [0.2, 0.25) is 0 Å². The number of fused-ring (bicyclic) bond motifs is 5. The van der Waals surface area contributed by atoms with Crippen LogP contribution in [0.4, 0.5) is 4.79 Å². The molecule has 1 unspecified atom stereocenters. The van der Waals surface area contributed by atoms with Crippen molar-refractivity contribution in [2.45, 2.75) is 38.8 Å². The number of hydrogen-bond acceptors (Lipinski definition) is 5. The van der Waals surface area contributed by atoms with Crippen LogP contribution < -0.4 is 14.8 Å². The van der Waals surface area contributed by atoms with Gasteiger partial charge in [-0.25, -0.2) is 4.79 Å². The number of methoxy groups -OCH3 is 1. The highest BCUT2D eigenvalue weighted by molar-refractivity contribution is 5.88. The highest BCUT2D eigenvalue weighted by atomic mass is 16.6. The lowest BCUT2D eigenvalue weighted by Gasteiger charge is -2.44. The quantitative estimate of drug-likeness (QED) is 0.505. The van der Waals surface area contributed by atoms with Crippen LogP contribution in [0.1, 0.15) is 38.3 Å². The molecule has 36 heavy (non-hydrogen) atoms. The van der Waals surface area contributed by atoms with Gasteiger partial charge in [-0.1, -0.05) is 44.2 Å². The Morgan fingerprint density at radius 3 is 2.47 bits per heavy atom. The number of rotatable bonds is 4. The van der Waals surface area contributed by atoms with Gasteiger partial charge in [0.1, 0.15) is 17.6 Å². The molecule has 188 valence electrons. The lowest BCUT2D eigenvalue weighted by atomic mass is 9.78. The van der Waals surface area contributed by atoms with E-state index in [1.54, 1.807) is 7.11 Å². The maximum atomic E-state index is 13.0. The van der Waals surface area contributed by atoms with Crippen LogP contribution in [-0.2, 0) is 4.74 Å². The standard InChI is InChI=1S/C30H34N2O4/c1-30(2)18-35-26-16-23(20-4-5-22-15-24(34-3)8-6-21(22)14-20)7-9-25(26)28(30)31-29(33)36-27-17-32-12-10-19(27)11-13-32/h4-9,14-16,19,27-28H,10-13,17-18H2,1-3H3,(H,31,33)/t27-,28?/m0/s1. The Morgan fingerprint density at radius 1 is 1.00 bits per heavy atom. The molecular formula is C30H34N2O4. The monoisotopic (exact) mass is 486 g/mol. The van der Waals surface area contributed by atoms with E-state index >= 15 is 0 Å². The van der Waals surface area contributed by atoms with Crippen molar-refractivity contribution >= 4 is 16.9 Å². The van der Waals surface area contributed by atoms with Gasteiger partial charge in [0.2, 0.25) is 0 Å². The first-order chi connectivity index (χ1) is 17.4. The van der Waals surface area contributed by atoms with Crippen LogP contribution in [0.3, 0.4) is 0 Å². The van der Waals surface area contributed by atoms with E-state index in [9.17, 15) is 4.79 Å². The van der Waals surface area contributed by atoms with Gasteiger partial charge in [-0.15, -0.1) is 0 Å². The van der Waals surface area contributed by atoms with E-state index in [1.807, 2.05) is 12.1 Å². The first-order valence-corrected chi connectivity index (χ1v) is 12.9. The average molecular weight is 487 g/mol. The van der Waals surface area contributed by atoms with Gasteiger partial charge in [-0.05, 0) is 78.0 Å². The Morgan fingerprint density at radius 2 is 1.72 bits per heavy atom. The molecule has 0 spiro atoms. The molecule has 3 saturated heterocycles. The minimum absolute atomic E-state index is 0.00910. The number of nitrogens with one attached hydrogen (secondary N) is 1. The summed E-state index contributed by atoms with van der Waals surface area (Å²) in [5.41, 5.74) is 2.94. The van der Waals surface area contributed by atoms with Crippen molar-refractivity contribution in [3.63, 3.8) is 0 Å². The first-order valence-electron chi connectivity index (χ1n) is 12.9. The van der Waals surface area contributed by atoms with Crippen molar-refractivity contribution in [3.05, 3.63) is 60.2 Å². The summed E-state index contributed by atoms with van der Waals surface area (Å²) in [5, 5.41) is 5.49. The van der Waals surface area contributed by atoms with Gasteiger partial charge in [0.25, 0.3) is 0 Å². The Kier molecular flexibility index (Phi) is 5.79. The smallest absolute Gasteiger partial charge is 0.407 e. The van der Waals surface area contributed by atoms with E-state index in [0.717, 1.165) is 71.4 Å². The molecule has 1 amide bonds. The molecule has 2 bridgehead atoms. The Bertz CT molecular complexity index is 1300. The van der Waals surface area contributed by atoms with Crippen LogP contribution in [0.15, 0.2) is 54.6 Å². The fourth-order valence-corrected chi connectivity index (χ4v) is 5.98. The van der Waals surface area contributed by atoms with Crippen LogP contribution in [0.5, 0.6) is 11.5 Å². The Balaban J connectivity index is 1.23. The number of carbonyl (C=O) groups excluding carboxylic acids is 1. The molecule has 2 atom stereocenters. The molecule has 4 heterocycles. The van der Waals surface area contributed by atoms with E-state index in [2.05, 4.69) is 66.5 Å². The van der Waals surface area contributed by atoms with Crippen LogP contribution in [0.25, 0.3) is 21.9 Å². The van der Waals surface area contributed by atoms with Gasteiger partial charge >= 0.3 is 6.09 Å². The molecule has 6 nitrogen and oxygen atoms in total. The molecule has 3 aromatic rings. The number of ether oxygens (including phenoxy) is 3. The van der Waals surface area contributed by atoms with E-state index in [-0.39, 0.29) is 23.7 Å². The second kappa shape index (κ2) is 9.00. The third-order valence-corrected chi connectivity index (χ3v) is 8.20. The largest absolute Gasteiger partial charge is 0.497 e. The molecule has 0 aromatic heterocycles. The number of benzene rings is 3. The van der Waals surface area contributed by atoms with Gasteiger partial charge in [0.15, 0.2) is 0 Å². The maximum absolute atomic E-state index is 13.0. The second-order valence-electron chi connectivity index (χ2n) is 11.1. The predicted octanol–water partition coefficient (Wildman–Crippen LogP) is 5.80. The maximum Gasteiger partial charge on any atom is 0.407 e.